The summed E-state index contributed by atoms with van der Waals surface area (Å²) < 4.78 is 7.50. The SMILES string of the molecule is C/C=C/C(=C\C(=C/C)C(C)(C)C)N(c1ccccc1)c1ccc2oc3c(N(c4ccccc4)c4cc(C(C)(C)C)cc(C(C)(C)C)c4)c4c(cc3c2c1)C(c1ccccc1)(c1ccccc1)c1ccccc1-4. The van der Waals surface area contributed by atoms with Gasteiger partial charge >= 0.3 is 0 Å². The molecule has 1 aromatic heterocycles. The van der Waals surface area contributed by atoms with Gasteiger partial charge in [0.05, 0.1) is 11.1 Å². The minimum absolute atomic E-state index is 0.0578. The molecule has 0 radical (unpaired) electrons. The number of allylic oxidation sites excluding steroid dienone is 5. The third-order valence-electron chi connectivity index (χ3n) is 14.6. The molecule has 1 aliphatic rings. The Labute approximate surface area is 428 Å². The molecule has 0 amide bonds. The van der Waals surface area contributed by atoms with Crippen molar-refractivity contribution in [2.45, 2.75) is 92.4 Å². The maximum Gasteiger partial charge on any atom is 0.160 e. The second-order valence-electron chi connectivity index (χ2n) is 22.5. The number of anilines is 5. The number of furan rings is 1. The van der Waals surface area contributed by atoms with Gasteiger partial charge in [-0.3, -0.25) is 0 Å². The highest BCUT2D eigenvalue weighted by Gasteiger charge is 2.48. The maximum absolute atomic E-state index is 7.50. The van der Waals surface area contributed by atoms with Crippen LogP contribution in [0.3, 0.4) is 0 Å². The molecule has 0 unspecified atom stereocenters. The Morgan fingerprint density at radius 3 is 1.58 bits per heavy atom. The monoisotopic (exact) mass is 941 g/mol. The number of benzene rings is 8. The summed E-state index contributed by atoms with van der Waals surface area (Å²) in [5.41, 5.74) is 18.2. The van der Waals surface area contributed by atoms with Crippen LogP contribution < -0.4 is 9.80 Å². The third kappa shape index (κ3) is 8.39. The summed E-state index contributed by atoms with van der Waals surface area (Å²) in [5, 5.41) is 2.11. The van der Waals surface area contributed by atoms with Crippen molar-refractivity contribution in [3.05, 3.63) is 257 Å². The number of hydrogen-bond acceptors (Lipinski definition) is 3. The van der Waals surface area contributed by atoms with Crippen LogP contribution in [0.1, 0.15) is 110 Å². The Bertz CT molecular complexity index is 3450. The summed E-state index contributed by atoms with van der Waals surface area (Å²) in [5.74, 6) is 0. The lowest BCUT2D eigenvalue weighted by atomic mass is 9.67. The van der Waals surface area contributed by atoms with Crippen molar-refractivity contribution in [2.75, 3.05) is 9.80 Å². The fourth-order valence-corrected chi connectivity index (χ4v) is 11.0. The smallest absolute Gasteiger partial charge is 0.160 e. The first-order valence-corrected chi connectivity index (χ1v) is 25.7. The van der Waals surface area contributed by atoms with Gasteiger partial charge in [0.25, 0.3) is 0 Å². The lowest BCUT2D eigenvalue weighted by molar-refractivity contribution is 0.515. The second-order valence-corrected chi connectivity index (χ2v) is 22.5. The molecule has 0 spiro atoms. The Hall–Kier alpha value is -7.62. The predicted octanol–water partition coefficient (Wildman–Crippen LogP) is 19.6. The normalized spacial score (nSPS) is 14.0. The molecular weight excluding hydrogens is 873 g/mol. The minimum Gasteiger partial charge on any atom is -0.454 e. The Morgan fingerprint density at radius 1 is 0.500 bits per heavy atom. The zero-order chi connectivity index (χ0) is 50.6. The molecule has 0 saturated heterocycles. The minimum atomic E-state index is -0.668. The lowest BCUT2D eigenvalue weighted by Crippen LogP contribution is -2.28. The molecule has 1 aliphatic carbocycles. The molecule has 1 heterocycles. The van der Waals surface area contributed by atoms with Gasteiger partial charge in [-0.15, -0.1) is 0 Å². The quantitative estimate of drug-likeness (QED) is 0.127. The van der Waals surface area contributed by atoms with Gasteiger partial charge in [0.15, 0.2) is 5.58 Å². The van der Waals surface area contributed by atoms with Gasteiger partial charge in [0, 0.05) is 44.8 Å². The zero-order valence-electron chi connectivity index (χ0n) is 44.0. The van der Waals surface area contributed by atoms with E-state index in [1.807, 2.05) is 0 Å². The predicted molar refractivity (Wildman–Crippen MR) is 308 cm³/mol. The Kier molecular flexibility index (Phi) is 12.4. The Morgan fingerprint density at radius 2 is 1.04 bits per heavy atom. The van der Waals surface area contributed by atoms with E-state index in [9.17, 15) is 0 Å². The average Bonchev–Trinajstić information content (AvgIpc) is 3.89. The molecule has 8 aromatic carbocycles. The molecule has 360 valence electrons. The van der Waals surface area contributed by atoms with Crippen LogP contribution >= 0.6 is 0 Å². The van der Waals surface area contributed by atoms with E-state index in [1.165, 1.54) is 44.5 Å². The number of rotatable bonds is 10. The van der Waals surface area contributed by atoms with Crippen LogP contribution in [0.15, 0.2) is 228 Å². The molecule has 72 heavy (non-hydrogen) atoms. The Balaban J connectivity index is 1.39. The topological polar surface area (TPSA) is 19.6 Å². The summed E-state index contributed by atoms with van der Waals surface area (Å²) >= 11 is 0. The van der Waals surface area contributed by atoms with Crippen LogP contribution in [0.2, 0.25) is 0 Å². The molecule has 0 bridgehead atoms. The van der Waals surface area contributed by atoms with Crippen molar-refractivity contribution in [3.8, 4) is 11.1 Å². The van der Waals surface area contributed by atoms with E-state index >= 15 is 0 Å². The van der Waals surface area contributed by atoms with Crippen LogP contribution in [0.4, 0.5) is 28.4 Å². The van der Waals surface area contributed by atoms with Gasteiger partial charge in [0.1, 0.15) is 5.58 Å². The van der Waals surface area contributed by atoms with Gasteiger partial charge in [-0.25, -0.2) is 0 Å². The first kappa shape index (κ1) is 48.0. The largest absolute Gasteiger partial charge is 0.454 e. The van der Waals surface area contributed by atoms with E-state index in [0.29, 0.717) is 0 Å². The second kappa shape index (κ2) is 18.5. The highest BCUT2D eigenvalue weighted by Crippen LogP contribution is 2.62. The van der Waals surface area contributed by atoms with E-state index in [4.69, 9.17) is 4.42 Å². The van der Waals surface area contributed by atoms with Crippen molar-refractivity contribution >= 4 is 50.4 Å². The van der Waals surface area contributed by atoms with Gasteiger partial charge in [-0.05, 0) is 147 Å². The average molecular weight is 941 g/mol. The molecule has 0 fully saturated rings. The van der Waals surface area contributed by atoms with Gasteiger partial charge in [-0.1, -0.05) is 202 Å². The molecule has 3 nitrogen and oxygen atoms in total. The van der Waals surface area contributed by atoms with Gasteiger partial charge < -0.3 is 14.2 Å². The van der Waals surface area contributed by atoms with Crippen molar-refractivity contribution in [1.29, 1.82) is 0 Å². The summed E-state index contributed by atoms with van der Waals surface area (Å²) in [6.45, 7) is 25.0. The highest BCUT2D eigenvalue weighted by atomic mass is 16.3. The number of hydrogen-bond donors (Lipinski definition) is 0. The number of fused-ring (bicyclic) bond motifs is 6. The molecule has 10 rings (SSSR count). The molecule has 0 saturated carbocycles. The first-order chi connectivity index (χ1) is 34.5. The van der Waals surface area contributed by atoms with E-state index < -0.39 is 5.41 Å². The van der Waals surface area contributed by atoms with Gasteiger partial charge in [0.2, 0.25) is 0 Å². The van der Waals surface area contributed by atoms with Crippen molar-refractivity contribution in [2.24, 2.45) is 5.41 Å². The van der Waals surface area contributed by atoms with Crippen molar-refractivity contribution in [1.82, 2.24) is 0 Å². The number of nitrogens with zero attached hydrogens (tertiary/aromatic N) is 2. The fourth-order valence-electron chi connectivity index (χ4n) is 11.0. The van der Waals surface area contributed by atoms with Gasteiger partial charge in [-0.2, -0.15) is 0 Å². The summed E-state index contributed by atoms with van der Waals surface area (Å²) in [7, 11) is 0. The van der Waals surface area contributed by atoms with Crippen LogP contribution in [0.5, 0.6) is 0 Å². The van der Waals surface area contributed by atoms with E-state index in [0.717, 1.165) is 61.6 Å². The standard InChI is InChI=1S/C69H68N2O/c1-12-28-54(42-47(13-2)66(3,4)5)70(52-33-22-16-23-34-52)55-39-40-62-58(45-55)59-46-61-63(57-37-26-27-38-60(57)69(61,48-29-18-14-19-30-48)49-31-20-15-21-32-49)64(65(59)72-62)71(53-35-24-17-25-36-53)56-43-50(67(6,7)8)41-51(44-56)68(9,10)11/h12-46H,1-11H3/b28-12+,47-13+,54-42+. The number of para-hydroxylation sites is 2. The van der Waals surface area contributed by atoms with Crippen LogP contribution in [0.25, 0.3) is 33.1 Å². The molecule has 3 heteroatoms. The third-order valence-corrected chi connectivity index (χ3v) is 14.6. The molecular formula is C69H68N2O. The van der Waals surface area contributed by atoms with E-state index in [2.05, 4.69) is 298 Å². The maximum atomic E-state index is 7.50. The van der Waals surface area contributed by atoms with E-state index in [-0.39, 0.29) is 16.2 Å². The molecule has 0 N–H and O–H groups in total. The fraction of sp³-hybridized carbons (Fsp3) is 0.217. The van der Waals surface area contributed by atoms with Crippen LogP contribution in [0, 0.1) is 5.41 Å². The van der Waals surface area contributed by atoms with Crippen LogP contribution in [-0.2, 0) is 16.2 Å². The highest BCUT2D eigenvalue weighted by molar-refractivity contribution is 6.17. The molecule has 0 aliphatic heterocycles. The van der Waals surface area contributed by atoms with Crippen molar-refractivity contribution < 1.29 is 4.42 Å². The molecule has 0 atom stereocenters. The summed E-state index contributed by atoms with van der Waals surface area (Å²) in [6.07, 6.45) is 8.95. The van der Waals surface area contributed by atoms with Crippen molar-refractivity contribution in [3.63, 3.8) is 0 Å². The lowest BCUT2D eigenvalue weighted by Gasteiger charge is -2.35. The zero-order valence-corrected chi connectivity index (χ0v) is 44.0. The van der Waals surface area contributed by atoms with E-state index in [1.54, 1.807) is 0 Å². The summed E-state index contributed by atoms with van der Waals surface area (Å²) in [6, 6.07) is 69.5. The summed E-state index contributed by atoms with van der Waals surface area (Å²) in [4.78, 5) is 4.89. The first-order valence-electron chi connectivity index (χ1n) is 25.7. The van der Waals surface area contributed by atoms with Crippen LogP contribution in [-0.4, -0.2) is 0 Å². The molecule has 9 aromatic rings.